The van der Waals surface area contributed by atoms with Gasteiger partial charge in [-0.2, -0.15) is 0 Å². The Morgan fingerprint density at radius 3 is 2.67 bits per heavy atom. The topological polar surface area (TPSA) is 68.3 Å². The molecular formula is C15H26N4O2. The third-order valence-corrected chi connectivity index (χ3v) is 3.23. The van der Waals surface area contributed by atoms with Crippen molar-refractivity contribution in [2.75, 3.05) is 44.0 Å². The van der Waals surface area contributed by atoms with Crippen LogP contribution in [0.5, 0.6) is 0 Å². The van der Waals surface area contributed by atoms with Crippen LogP contribution in [0.3, 0.4) is 0 Å². The molecular weight excluding hydrogens is 268 g/mol. The predicted octanol–water partition coefficient (Wildman–Crippen LogP) is 2.28. The molecule has 0 spiro atoms. The number of nitrogens with zero attached hydrogens (tertiary/aromatic N) is 2. The molecule has 0 amide bonds. The van der Waals surface area contributed by atoms with Crippen LogP contribution in [-0.4, -0.2) is 43.4 Å². The molecule has 1 aromatic heterocycles. The van der Waals surface area contributed by atoms with E-state index in [0.29, 0.717) is 12.4 Å². The molecule has 1 aliphatic carbocycles. The maximum atomic E-state index is 5.62. The first-order valence-corrected chi connectivity index (χ1v) is 7.74. The van der Waals surface area contributed by atoms with Crippen LogP contribution in [0.1, 0.15) is 32.0 Å². The zero-order valence-electron chi connectivity index (χ0n) is 13.0. The number of hydrogen-bond donors (Lipinski definition) is 2. The molecule has 0 unspecified atom stereocenters. The Bertz CT molecular complexity index is 400. The van der Waals surface area contributed by atoms with Crippen LogP contribution in [0, 0.1) is 5.92 Å². The number of aromatic nitrogens is 2. The summed E-state index contributed by atoms with van der Waals surface area (Å²) in [6, 6.07) is 1.92. The van der Waals surface area contributed by atoms with E-state index in [1.54, 1.807) is 7.11 Å². The molecule has 6 nitrogen and oxygen atoms in total. The van der Waals surface area contributed by atoms with E-state index in [1.807, 2.05) is 13.0 Å². The second-order valence-electron chi connectivity index (χ2n) is 5.32. The van der Waals surface area contributed by atoms with Gasteiger partial charge in [0.05, 0.1) is 0 Å². The Kier molecular flexibility index (Phi) is 6.69. The summed E-state index contributed by atoms with van der Waals surface area (Å²) in [7, 11) is 1.65. The normalized spacial score (nSPS) is 14.2. The molecule has 6 heteroatoms. The average Bonchev–Trinajstić information content (AvgIpc) is 3.27. The van der Waals surface area contributed by atoms with E-state index in [-0.39, 0.29) is 0 Å². The van der Waals surface area contributed by atoms with E-state index < -0.39 is 0 Å². The number of hydrogen-bond acceptors (Lipinski definition) is 6. The van der Waals surface area contributed by atoms with Crippen LogP contribution in [0.2, 0.25) is 0 Å². The number of rotatable bonds is 11. The maximum absolute atomic E-state index is 5.62. The quantitative estimate of drug-likeness (QED) is 0.610. The fraction of sp³-hybridized carbons (Fsp3) is 0.733. The van der Waals surface area contributed by atoms with Gasteiger partial charge in [-0.25, -0.2) is 9.97 Å². The minimum Gasteiger partial charge on any atom is -0.381 e. The Balaban J connectivity index is 1.74. The molecule has 1 saturated carbocycles. The molecule has 1 aromatic rings. The summed E-state index contributed by atoms with van der Waals surface area (Å²) in [6.45, 7) is 5.87. The fourth-order valence-electron chi connectivity index (χ4n) is 1.98. The van der Waals surface area contributed by atoms with Gasteiger partial charge >= 0.3 is 0 Å². The Hall–Kier alpha value is -1.40. The molecule has 21 heavy (non-hydrogen) atoms. The summed E-state index contributed by atoms with van der Waals surface area (Å²) in [6.07, 6.45) is 3.66. The summed E-state index contributed by atoms with van der Waals surface area (Å²) >= 11 is 0. The van der Waals surface area contributed by atoms with Crippen LogP contribution in [0.4, 0.5) is 11.6 Å². The molecule has 1 heterocycles. The maximum Gasteiger partial charge on any atom is 0.158 e. The first-order chi connectivity index (χ1) is 10.3. The van der Waals surface area contributed by atoms with Gasteiger partial charge in [0.1, 0.15) is 18.2 Å². The van der Waals surface area contributed by atoms with E-state index in [9.17, 15) is 0 Å². The van der Waals surface area contributed by atoms with Crippen molar-refractivity contribution in [1.29, 1.82) is 0 Å². The van der Waals surface area contributed by atoms with E-state index >= 15 is 0 Å². The van der Waals surface area contributed by atoms with E-state index in [1.165, 1.54) is 12.8 Å². The van der Waals surface area contributed by atoms with Gasteiger partial charge in [0.2, 0.25) is 0 Å². The zero-order chi connectivity index (χ0) is 14.9. The fourth-order valence-corrected chi connectivity index (χ4v) is 1.98. The van der Waals surface area contributed by atoms with Gasteiger partial charge in [-0.15, -0.1) is 0 Å². The minimum atomic E-state index is 0.415. The van der Waals surface area contributed by atoms with Gasteiger partial charge in [0.25, 0.3) is 0 Å². The smallest absolute Gasteiger partial charge is 0.158 e. The summed E-state index contributed by atoms with van der Waals surface area (Å²) < 4.78 is 10.7. The highest BCUT2D eigenvalue weighted by Gasteiger charge is 2.20. The lowest BCUT2D eigenvalue weighted by molar-refractivity contribution is 0.124. The van der Waals surface area contributed by atoms with Gasteiger partial charge in [-0.1, -0.05) is 0 Å². The van der Waals surface area contributed by atoms with Crippen molar-refractivity contribution in [2.45, 2.75) is 32.8 Å². The van der Waals surface area contributed by atoms with Gasteiger partial charge in [-0.05, 0) is 32.1 Å². The minimum absolute atomic E-state index is 0.415. The highest BCUT2D eigenvalue weighted by Crippen LogP contribution is 2.28. The molecule has 0 bridgehead atoms. The Labute approximate surface area is 126 Å². The number of methoxy groups -OCH3 is 1. The van der Waals surface area contributed by atoms with Gasteiger partial charge in [-0.3, -0.25) is 0 Å². The number of nitrogens with one attached hydrogen (secondary N) is 2. The van der Waals surface area contributed by atoms with Gasteiger partial charge in [0, 0.05) is 39.5 Å². The lowest BCUT2D eigenvalue weighted by atomic mass is 10.4. The first-order valence-electron chi connectivity index (χ1n) is 7.74. The summed E-state index contributed by atoms with van der Waals surface area (Å²) in [5.41, 5.74) is 0. The largest absolute Gasteiger partial charge is 0.381 e. The highest BCUT2D eigenvalue weighted by molar-refractivity contribution is 5.47. The first kappa shape index (κ1) is 16.0. The number of ether oxygens (including phenoxy) is 2. The van der Waals surface area contributed by atoms with E-state index in [0.717, 1.165) is 50.3 Å². The van der Waals surface area contributed by atoms with Crippen molar-refractivity contribution in [3.8, 4) is 0 Å². The lowest BCUT2D eigenvalue weighted by Crippen LogP contribution is -2.11. The van der Waals surface area contributed by atoms with Crippen molar-refractivity contribution < 1.29 is 9.47 Å². The number of anilines is 2. The van der Waals surface area contributed by atoms with E-state index in [4.69, 9.17) is 9.47 Å². The third kappa shape index (κ3) is 6.27. The van der Waals surface area contributed by atoms with Crippen LogP contribution in [-0.2, 0) is 16.1 Å². The molecule has 118 valence electrons. The molecule has 1 aliphatic rings. The lowest BCUT2D eigenvalue weighted by Gasteiger charge is -2.10. The molecule has 0 aromatic carbocycles. The third-order valence-electron chi connectivity index (χ3n) is 3.23. The average molecular weight is 294 g/mol. The van der Waals surface area contributed by atoms with Crippen LogP contribution in [0.15, 0.2) is 6.07 Å². The van der Waals surface area contributed by atoms with Crippen molar-refractivity contribution >= 4 is 11.6 Å². The van der Waals surface area contributed by atoms with E-state index in [2.05, 4.69) is 20.6 Å². The summed E-state index contributed by atoms with van der Waals surface area (Å²) in [4.78, 5) is 8.82. The SMILES string of the molecule is CCNc1cc(NCCCOCC2CC2)nc(COC)n1. The Morgan fingerprint density at radius 1 is 1.24 bits per heavy atom. The van der Waals surface area contributed by atoms with Crippen molar-refractivity contribution in [2.24, 2.45) is 5.92 Å². The van der Waals surface area contributed by atoms with Gasteiger partial charge in [0.15, 0.2) is 5.82 Å². The second-order valence-corrected chi connectivity index (χ2v) is 5.32. The standard InChI is InChI=1S/C15H26N4O2/c1-3-16-13-9-14(19-15(18-13)11-20-2)17-7-4-8-21-10-12-5-6-12/h9,12H,3-8,10-11H2,1-2H3,(H2,16,17,18,19). The molecule has 0 radical (unpaired) electrons. The van der Waals surface area contributed by atoms with Crippen LogP contribution >= 0.6 is 0 Å². The molecule has 0 aliphatic heterocycles. The van der Waals surface area contributed by atoms with Gasteiger partial charge < -0.3 is 20.1 Å². The summed E-state index contributed by atoms with van der Waals surface area (Å²) in [5.74, 6) is 3.17. The van der Waals surface area contributed by atoms with Crippen LogP contribution < -0.4 is 10.6 Å². The van der Waals surface area contributed by atoms with Crippen molar-refractivity contribution in [3.05, 3.63) is 11.9 Å². The molecule has 1 fully saturated rings. The Morgan fingerprint density at radius 2 is 2.00 bits per heavy atom. The molecule has 2 N–H and O–H groups in total. The van der Waals surface area contributed by atoms with Crippen LogP contribution in [0.25, 0.3) is 0 Å². The molecule has 2 rings (SSSR count). The second kappa shape index (κ2) is 8.79. The predicted molar refractivity (Wildman–Crippen MR) is 83.6 cm³/mol. The molecule has 0 atom stereocenters. The molecule has 0 saturated heterocycles. The zero-order valence-corrected chi connectivity index (χ0v) is 13.0. The van der Waals surface area contributed by atoms with Crippen molar-refractivity contribution in [1.82, 2.24) is 9.97 Å². The summed E-state index contributed by atoms with van der Waals surface area (Å²) in [5, 5.41) is 6.52. The highest BCUT2D eigenvalue weighted by atomic mass is 16.5. The van der Waals surface area contributed by atoms with Crippen molar-refractivity contribution in [3.63, 3.8) is 0 Å². The monoisotopic (exact) mass is 294 g/mol.